The van der Waals surface area contributed by atoms with E-state index in [1.807, 2.05) is 19.9 Å². The first kappa shape index (κ1) is 14.1. The molecule has 0 radical (unpaired) electrons. The van der Waals surface area contributed by atoms with Crippen LogP contribution in [0.25, 0.3) is 0 Å². The minimum absolute atomic E-state index is 0.184. The van der Waals surface area contributed by atoms with Crippen LogP contribution >= 0.6 is 0 Å². The molecular formula is C13H21FN2O. The van der Waals surface area contributed by atoms with Crippen molar-refractivity contribution in [3.8, 4) is 0 Å². The highest BCUT2D eigenvalue weighted by Crippen LogP contribution is 2.22. The van der Waals surface area contributed by atoms with Crippen molar-refractivity contribution in [2.75, 3.05) is 19.6 Å². The van der Waals surface area contributed by atoms with Crippen molar-refractivity contribution in [1.82, 2.24) is 5.32 Å². The lowest BCUT2D eigenvalue weighted by Gasteiger charge is -2.26. The van der Waals surface area contributed by atoms with Gasteiger partial charge in [-0.05, 0) is 17.7 Å². The third-order valence-electron chi connectivity index (χ3n) is 2.83. The van der Waals surface area contributed by atoms with Crippen molar-refractivity contribution in [2.45, 2.75) is 25.4 Å². The summed E-state index contributed by atoms with van der Waals surface area (Å²) >= 11 is 0. The normalized spacial score (nSPS) is 13.7. The molecule has 96 valence electrons. The van der Waals surface area contributed by atoms with Crippen LogP contribution in [0.1, 0.15) is 19.4 Å². The molecule has 0 spiro atoms. The second-order valence-corrected chi connectivity index (χ2v) is 4.91. The van der Waals surface area contributed by atoms with Crippen LogP contribution in [-0.4, -0.2) is 30.8 Å². The average Bonchev–Trinajstić information content (AvgIpc) is 2.28. The molecule has 0 aliphatic carbocycles. The number of hydrogen-bond acceptors (Lipinski definition) is 3. The van der Waals surface area contributed by atoms with Gasteiger partial charge in [-0.1, -0.05) is 26.0 Å². The zero-order valence-corrected chi connectivity index (χ0v) is 10.4. The van der Waals surface area contributed by atoms with E-state index in [2.05, 4.69) is 5.32 Å². The van der Waals surface area contributed by atoms with Gasteiger partial charge < -0.3 is 16.2 Å². The zero-order chi connectivity index (χ0) is 12.9. The lowest BCUT2D eigenvalue weighted by Crippen LogP contribution is -2.39. The Labute approximate surface area is 102 Å². The van der Waals surface area contributed by atoms with E-state index >= 15 is 0 Å². The second-order valence-electron chi connectivity index (χ2n) is 4.91. The molecule has 0 fully saturated rings. The van der Waals surface area contributed by atoms with Crippen molar-refractivity contribution in [1.29, 1.82) is 0 Å². The standard InChI is InChI=1S/C13H21FN2O/c1-13(2,9-16-8-12(17)7-15)10-4-3-5-11(14)6-10/h3-6,12,16-17H,7-9,15H2,1-2H3. The largest absolute Gasteiger partial charge is 0.390 e. The second kappa shape index (κ2) is 6.10. The number of rotatable bonds is 6. The average molecular weight is 240 g/mol. The van der Waals surface area contributed by atoms with Crippen molar-refractivity contribution in [3.05, 3.63) is 35.6 Å². The van der Waals surface area contributed by atoms with Gasteiger partial charge in [-0.2, -0.15) is 0 Å². The molecule has 0 saturated carbocycles. The molecule has 0 aliphatic heterocycles. The van der Waals surface area contributed by atoms with E-state index in [4.69, 9.17) is 5.73 Å². The molecule has 4 N–H and O–H groups in total. The predicted octanol–water partition coefficient (Wildman–Crippen LogP) is 1.01. The Balaban J connectivity index is 2.56. The van der Waals surface area contributed by atoms with Crippen molar-refractivity contribution >= 4 is 0 Å². The van der Waals surface area contributed by atoms with Crippen LogP contribution in [0.5, 0.6) is 0 Å². The number of nitrogens with one attached hydrogen (secondary N) is 1. The van der Waals surface area contributed by atoms with E-state index in [-0.39, 0.29) is 17.8 Å². The summed E-state index contributed by atoms with van der Waals surface area (Å²) < 4.78 is 13.1. The van der Waals surface area contributed by atoms with Crippen LogP contribution < -0.4 is 11.1 Å². The van der Waals surface area contributed by atoms with Gasteiger partial charge in [-0.3, -0.25) is 0 Å². The summed E-state index contributed by atoms with van der Waals surface area (Å²) in [5.74, 6) is -0.224. The highest BCUT2D eigenvalue weighted by Gasteiger charge is 2.20. The lowest BCUT2D eigenvalue weighted by atomic mass is 9.84. The lowest BCUT2D eigenvalue weighted by molar-refractivity contribution is 0.177. The van der Waals surface area contributed by atoms with Crippen LogP contribution in [0, 0.1) is 5.82 Å². The molecular weight excluding hydrogens is 219 g/mol. The van der Waals surface area contributed by atoms with Gasteiger partial charge >= 0.3 is 0 Å². The number of halogens is 1. The third-order valence-corrected chi connectivity index (χ3v) is 2.83. The molecule has 0 heterocycles. The van der Waals surface area contributed by atoms with Crippen LogP contribution in [0.3, 0.4) is 0 Å². The Hall–Kier alpha value is -0.970. The molecule has 0 aromatic heterocycles. The minimum Gasteiger partial charge on any atom is -0.390 e. The van der Waals surface area contributed by atoms with Gasteiger partial charge in [-0.25, -0.2) is 4.39 Å². The van der Waals surface area contributed by atoms with E-state index in [0.717, 1.165) is 5.56 Å². The Morgan fingerprint density at radius 3 is 2.76 bits per heavy atom. The minimum atomic E-state index is -0.529. The molecule has 0 aliphatic rings. The molecule has 1 rings (SSSR count). The summed E-state index contributed by atoms with van der Waals surface area (Å²) in [6.45, 7) is 5.42. The van der Waals surface area contributed by atoms with Gasteiger partial charge in [0.25, 0.3) is 0 Å². The summed E-state index contributed by atoms with van der Waals surface area (Å²) in [5, 5.41) is 12.5. The van der Waals surface area contributed by atoms with Crippen molar-refractivity contribution in [2.24, 2.45) is 5.73 Å². The Morgan fingerprint density at radius 2 is 2.18 bits per heavy atom. The molecule has 0 saturated heterocycles. The number of nitrogens with two attached hydrogens (primary N) is 1. The molecule has 4 heteroatoms. The highest BCUT2D eigenvalue weighted by molar-refractivity contribution is 5.24. The van der Waals surface area contributed by atoms with E-state index in [1.165, 1.54) is 6.07 Å². The Morgan fingerprint density at radius 1 is 1.47 bits per heavy atom. The van der Waals surface area contributed by atoms with Gasteiger partial charge in [-0.15, -0.1) is 0 Å². The fourth-order valence-electron chi connectivity index (χ4n) is 1.65. The van der Waals surface area contributed by atoms with Crippen LogP contribution in [-0.2, 0) is 5.41 Å². The fourth-order valence-corrected chi connectivity index (χ4v) is 1.65. The fraction of sp³-hybridized carbons (Fsp3) is 0.538. The van der Waals surface area contributed by atoms with Gasteiger partial charge in [0, 0.05) is 25.0 Å². The number of hydrogen-bond donors (Lipinski definition) is 3. The maximum atomic E-state index is 13.1. The molecule has 0 amide bonds. The summed E-state index contributed by atoms with van der Waals surface area (Å²) in [4.78, 5) is 0. The summed E-state index contributed by atoms with van der Waals surface area (Å²) in [6.07, 6.45) is -0.529. The number of aliphatic hydroxyl groups is 1. The smallest absolute Gasteiger partial charge is 0.123 e. The molecule has 1 aromatic rings. The van der Waals surface area contributed by atoms with E-state index < -0.39 is 6.10 Å². The Bertz CT molecular complexity index is 355. The SMILES string of the molecule is CC(C)(CNCC(O)CN)c1cccc(F)c1. The molecule has 0 bridgehead atoms. The van der Waals surface area contributed by atoms with Crippen molar-refractivity contribution in [3.63, 3.8) is 0 Å². The zero-order valence-electron chi connectivity index (χ0n) is 10.4. The topological polar surface area (TPSA) is 58.3 Å². The first-order valence-corrected chi connectivity index (χ1v) is 5.80. The predicted molar refractivity (Wildman–Crippen MR) is 67.4 cm³/mol. The maximum Gasteiger partial charge on any atom is 0.123 e. The Kier molecular flexibility index (Phi) is 5.05. The molecule has 1 atom stereocenters. The first-order chi connectivity index (χ1) is 7.95. The third kappa shape index (κ3) is 4.42. The molecule has 1 aromatic carbocycles. The molecule has 1 unspecified atom stereocenters. The van der Waals surface area contributed by atoms with Gasteiger partial charge in [0.05, 0.1) is 6.10 Å². The van der Waals surface area contributed by atoms with Crippen molar-refractivity contribution < 1.29 is 9.50 Å². The quantitative estimate of drug-likeness (QED) is 0.695. The molecule has 17 heavy (non-hydrogen) atoms. The summed E-state index contributed by atoms with van der Waals surface area (Å²) in [7, 11) is 0. The van der Waals surface area contributed by atoms with Crippen LogP contribution in [0.15, 0.2) is 24.3 Å². The number of benzene rings is 1. The van der Waals surface area contributed by atoms with E-state index in [1.54, 1.807) is 12.1 Å². The number of aliphatic hydroxyl groups excluding tert-OH is 1. The van der Waals surface area contributed by atoms with Gasteiger partial charge in [0.15, 0.2) is 0 Å². The first-order valence-electron chi connectivity index (χ1n) is 5.80. The van der Waals surface area contributed by atoms with E-state index in [9.17, 15) is 9.50 Å². The monoisotopic (exact) mass is 240 g/mol. The van der Waals surface area contributed by atoms with Gasteiger partial charge in [0.1, 0.15) is 5.82 Å². The maximum absolute atomic E-state index is 13.1. The van der Waals surface area contributed by atoms with Crippen LogP contribution in [0.4, 0.5) is 4.39 Å². The molecule has 3 nitrogen and oxygen atoms in total. The highest BCUT2D eigenvalue weighted by atomic mass is 19.1. The van der Waals surface area contributed by atoms with Crippen LogP contribution in [0.2, 0.25) is 0 Å². The van der Waals surface area contributed by atoms with Gasteiger partial charge in [0.2, 0.25) is 0 Å². The summed E-state index contributed by atoms with van der Waals surface area (Å²) in [5.41, 5.74) is 6.07. The van der Waals surface area contributed by atoms with E-state index in [0.29, 0.717) is 13.1 Å². The summed E-state index contributed by atoms with van der Waals surface area (Å²) in [6, 6.07) is 6.59.